The molecular weight excluding hydrogens is 684 g/mol. The first-order valence-corrected chi connectivity index (χ1v) is 18.6. The van der Waals surface area contributed by atoms with Crippen LogP contribution in [0.2, 0.25) is 0 Å². The Kier molecular flexibility index (Phi) is 12.6. The molecule has 0 spiro atoms. The second kappa shape index (κ2) is 16.9. The van der Waals surface area contributed by atoms with Crippen molar-refractivity contribution in [2.24, 2.45) is 0 Å². The number of ether oxygens (including phenoxy) is 2. The quantitative estimate of drug-likeness (QED) is 0.0726. The SMILES string of the molecule is CCCc1cc(SCc2sc(-c3ccc(C(F)(F)F)cc3)nc2CN2CCN(c3ccc(C(C)=O)cc3)CC2)ccc1OC(C)C(=O)OCC. The molecule has 0 aliphatic carbocycles. The van der Waals surface area contributed by atoms with E-state index in [0.29, 0.717) is 34.2 Å². The monoisotopic (exact) mass is 725 g/mol. The number of thiazole rings is 1. The van der Waals surface area contributed by atoms with Gasteiger partial charge in [-0.2, -0.15) is 13.2 Å². The van der Waals surface area contributed by atoms with Crippen LogP contribution >= 0.6 is 23.1 Å². The smallest absolute Gasteiger partial charge is 0.416 e. The maximum Gasteiger partial charge on any atom is 0.416 e. The highest BCUT2D eigenvalue weighted by atomic mass is 32.2. The second-order valence-electron chi connectivity index (χ2n) is 12.2. The van der Waals surface area contributed by atoms with Crippen LogP contribution < -0.4 is 9.64 Å². The Morgan fingerprint density at radius 2 is 1.68 bits per heavy atom. The third-order valence-corrected chi connectivity index (χ3v) is 10.8. The fourth-order valence-corrected chi connectivity index (χ4v) is 7.84. The Bertz CT molecular complexity index is 1750. The number of carbonyl (C=O) groups is 2. The first-order chi connectivity index (χ1) is 23.9. The van der Waals surface area contributed by atoms with Gasteiger partial charge in [-0.05, 0) is 87.4 Å². The van der Waals surface area contributed by atoms with E-state index in [1.54, 1.807) is 32.5 Å². The molecule has 266 valence electrons. The zero-order chi connectivity index (χ0) is 35.8. The highest BCUT2D eigenvalue weighted by molar-refractivity contribution is 7.98. The molecule has 0 N–H and O–H groups in total. The molecule has 2 heterocycles. The number of anilines is 1. The minimum atomic E-state index is -4.40. The van der Waals surface area contributed by atoms with Crippen LogP contribution in [0.5, 0.6) is 5.75 Å². The van der Waals surface area contributed by atoms with E-state index in [0.717, 1.165) is 77.9 Å². The molecule has 1 aromatic heterocycles. The third-order valence-electron chi connectivity index (χ3n) is 8.47. The molecule has 5 rings (SSSR count). The Labute approximate surface area is 299 Å². The zero-order valence-electron chi connectivity index (χ0n) is 28.7. The number of benzene rings is 3. The highest BCUT2D eigenvalue weighted by Crippen LogP contribution is 2.37. The van der Waals surface area contributed by atoms with Crippen LogP contribution in [0.15, 0.2) is 71.6 Å². The van der Waals surface area contributed by atoms with Crippen LogP contribution in [0.25, 0.3) is 10.6 Å². The molecule has 1 atom stereocenters. The van der Waals surface area contributed by atoms with Crippen LogP contribution in [0.3, 0.4) is 0 Å². The molecule has 3 aromatic carbocycles. The number of thioether (sulfide) groups is 1. The number of aromatic nitrogens is 1. The average Bonchev–Trinajstić information content (AvgIpc) is 3.50. The molecule has 0 saturated carbocycles. The number of alkyl halides is 3. The van der Waals surface area contributed by atoms with Crippen molar-refractivity contribution < 1.29 is 32.2 Å². The first kappa shape index (κ1) is 37.4. The van der Waals surface area contributed by atoms with Crippen molar-refractivity contribution in [3.05, 3.63) is 94.0 Å². The maximum absolute atomic E-state index is 13.3. The predicted octanol–water partition coefficient (Wildman–Crippen LogP) is 8.93. The summed E-state index contributed by atoms with van der Waals surface area (Å²) < 4.78 is 50.9. The summed E-state index contributed by atoms with van der Waals surface area (Å²) in [5.41, 5.74) is 3.68. The fraction of sp³-hybridized carbons (Fsp3) is 0.395. The number of carbonyl (C=O) groups excluding carboxylic acids is 2. The predicted molar refractivity (Wildman–Crippen MR) is 193 cm³/mol. The van der Waals surface area contributed by atoms with Crippen LogP contribution in [0, 0.1) is 0 Å². The van der Waals surface area contributed by atoms with E-state index in [1.165, 1.54) is 23.5 Å². The number of hydrogen-bond acceptors (Lipinski definition) is 9. The molecule has 0 radical (unpaired) electrons. The summed E-state index contributed by atoms with van der Waals surface area (Å²) in [5.74, 6) is 0.942. The number of rotatable bonds is 14. The molecule has 0 bridgehead atoms. The first-order valence-electron chi connectivity index (χ1n) is 16.8. The van der Waals surface area contributed by atoms with Crippen molar-refractivity contribution in [2.75, 3.05) is 37.7 Å². The number of nitrogens with zero attached hydrogens (tertiary/aromatic N) is 3. The number of ketones is 1. The summed E-state index contributed by atoms with van der Waals surface area (Å²) in [6.07, 6.45) is -3.43. The average molecular weight is 726 g/mol. The minimum Gasteiger partial charge on any atom is -0.479 e. The molecule has 1 saturated heterocycles. The Balaban J connectivity index is 1.32. The standard InChI is InChI=1S/C38H42F3N3O4S2/c1-5-7-29-22-32(16-17-34(29)48-26(4)37(46)47-6-2)49-24-35-33(42-36(50-35)28-8-12-30(13-9-28)38(39,40)41)23-43-18-20-44(21-19-43)31-14-10-27(11-15-31)25(3)45/h8-17,22,26H,5-7,18-21,23-24H2,1-4H3. The van der Waals surface area contributed by atoms with E-state index < -0.39 is 23.8 Å². The van der Waals surface area contributed by atoms with Crippen LogP contribution in [-0.2, 0) is 34.4 Å². The zero-order valence-corrected chi connectivity index (χ0v) is 30.4. The van der Waals surface area contributed by atoms with Crippen molar-refractivity contribution in [3.8, 4) is 16.3 Å². The van der Waals surface area contributed by atoms with Crippen molar-refractivity contribution in [1.82, 2.24) is 9.88 Å². The lowest BCUT2D eigenvalue weighted by molar-refractivity contribution is -0.150. The van der Waals surface area contributed by atoms with Gasteiger partial charge in [0.1, 0.15) is 10.8 Å². The molecule has 7 nitrogen and oxygen atoms in total. The summed E-state index contributed by atoms with van der Waals surface area (Å²) in [4.78, 5) is 35.6. The third kappa shape index (κ3) is 9.67. The van der Waals surface area contributed by atoms with Gasteiger partial charge in [-0.1, -0.05) is 25.5 Å². The van der Waals surface area contributed by atoms with Gasteiger partial charge in [0.15, 0.2) is 11.9 Å². The van der Waals surface area contributed by atoms with Gasteiger partial charge in [0, 0.05) is 65.1 Å². The summed E-state index contributed by atoms with van der Waals surface area (Å²) in [5, 5.41) is 0.692. The summed E-state index contributed by atoms with van der Waals surface area (Å²) >= 11 is 3.19. The number of piperazine rings is 1. The van der Waals surface area contributed by atoms with Gasteiger partial charge < -0.3 is 14.4 Å². The summed E-state index contributed by atoms with van der Waals surface area (Å²) in [6, 6.07) is 18.9. The fourth-order valence-electron chi connectivity index (χ4n) is 5.70. The number of hydrogen-bond donors (Lipinski definition) is 0. The highest BCUT2D eigenvalue weighted by Gasteiger charge is 2.30. The van der Waals surface area contributed by atoms with Crippen molar-refractivity contribution in [2.45, 2.75) is 70.0 Å². The molecule has 1 unspecified atom stereocenters. The number of Topliss-reactive ketones (excluding diaryl/α,β-unsaturated/α-hetero) is 1. The van der Waals surface area contributed by atoms with Gasteiger partial charge >= 0.3 is 12.1 Å². The summed E-state index contributed by atoms with van der Waals surface area (Å²) in [7, 11) is 0. The van der Waals surface area contributed by atoms with Crippen molar-refractivity contribution in [1.29, 1.82) is 0 Å². The second-order valence-corrected chi connectivity index (χ2v) is 14.3. The van der Waals surface area contributed by atoms with Gasteiger partial charge in [0.25, 0.3) is 0 Å². The van der Waals surface area contributed by atoms with Crippen LogP contribution in [0.4, 0.5) is 18.9 Å². The molecule has 50 heavy (non-hydrogen) atoms. The molecule has 1 fully saturated rings. The van der Waals surface area contributed by atoms with Gasteiger partial charge in [-0.3, -0.25) is 9.69 Å². The van der Waals surface area contributed by atoms with E-state index in [2.05, 4.69) is 22.8 Å². The molecular formula is C38H42F3N3O4S2. The largest absolute Gasteiger partial charge is 0.479 e. The van der Waals surface area contributed by atoms with Crippen molar-refractivity contribution in [3.63, 3.8) is 0 Å². The van der Waals surface area contributed by atoms with Gasteiger partial charge in [0.2, 0.25) is 0 Å². The normalized spacial score (nSPS) is 14.4. The number of esters is 1. The van der Waals surface area contributed by atoms with E-state index in [4.69, 9.17) is 14.5 Å². The van der Waals surface area contributed by atoms with E-state index in [-0.39, 0.29) is 12.4 Å². The van der Waals surface area contributed by atoms with Crippen LogP contribution in [-0.4, -0.2) is 60.5 Å². The molecule has 1 aliphatic rings. The lowest BCUT2D eigenvalue weighted by Gasteiger charge is -2.36. The van der Waals surface area contributed by atoms with E-state index in [1.807, 2.05) is 36.4 Å². The summed E-state index contributed by atoms with van der Waals surface area (Å²) in [6.45, 7) is 11.3. The van der Waals surface area contributed by atoms with Gasteiger partial charge in [0.05, 0.1) is 17.9 Å². The van der Waals surface area contributed by atoms with Gasteiger partial charge in [-0.15, -0.1) is 23.1 Å². The molecule has 12 heteroatoms. The Morgan fingerprint density at radius 1 is 0.980 bits per heavy atom. The lowest BCUT2D eigenvalue weighted by Crippen LogP contribution is -2.46. The molecule has 0 amide bonds. The van der Waals surface area contributed by atoms with Crippen molar-refractivity contribution >= 4 is 40.5 Å². The van der Waals surface area contributed by atoms with Gasteiger partial charge in [-0.25, -0.2) is 9.78 Å². The van der Waals surface area contributed by atoms with E-state index >= 15 is 0 Å². The topological polar surface area (TPSA) is 72.0 Å². The Hall–Kier alpha value is -3.87. The number of aryl methyl sites for hydroxylation is 1. The molecule has 1 aliphatic heterocycles. The Morgan fingerprint density at radius 3 is 2.30 bits per heavy atom. The van der Waals surface area contributed by atoms with Crippen LogP contribution in [0.1, 0.15) is 66.2 Å². The lowest BCUT2D eigenvalue weighted by atomic mass is 10.1. The maximum atomic E-state index is 13.3. The molecule has 4 aromatic rings. The van der Waals surface area contributed by atoms with E-state index in [9.17, 15) is 22.8 Å². The number of halogens is 3. The minimum absolute atomic E-state index is 0.0439.